The molecule has 3 heteroatoms. The molecule has 0 aliphatic rings. The molecule has 70 valence electrons. The van der Waals surface area contributed by atoms with E-state index in [9.17, 15) is 0 Å². The van der Waals surface area contributed by atoms with Gasteiger partial charge in [-0.05, 0) is 11.6 Å². The minimum Gasteiger partial charge on any atom is -0.243 e. The molecule has 0 amide bonds. The van der Waals surface area contributed by atoms with Crippen molar-refractivity contribution in [2.24, 2.45) is 0 Å². The highest BCUT2D eigenvalue weighted by atomic mass is 35.5. The summed E-state index contributed by atoms with van der Waals surface area (Å²) in [6, 6.07) is 11.9. The molecular formula is C11H8ClNS. The van der Waals surface area contributed by atoms with E-state index in [-0.39, 0.29) is 0 Å². The Morgan fingerprint density at radius 2 is 1.79 bits per heavy atom. The Balaban J connectivity index is 2.48. The second kappa shape index (κ2) is 4.03. The number of thiol groups is 1. The first-order chi connectivity index (χ1) is 6.77. The van der Waals surface area contributed by atoms with E-state index in [0.29, 0.717) is 10.0 Å². The van der Waals surface area contributed by atoms with E-state index in [2.05, 4.69) is 17.6 Å². The number of rotatable bonds is 1. The van der Waals surface area contributed by atoms with Gasteiger partial charge in [0.05, 0.1) is 0 Å². The van der Waals surface area contributed by atoms with Crippen molar-refractivity contribution in [3.63, 3.8) is 0 Å². The fourth-order valence-electron chi connectivity index (χ4n) is 1.22. The third-order valence-corrected chi connectivity index (χ3v) is 2.70. The lowest BCUT2D eigenvalue weighted by molar-refractivity contribution is 1.24. The van der Waals surface area contributed by atoms with E-state index in [4.69, 9.17) is 11.6 Å². The second-order valence-corrected chi connectivity index (χ2v) is 3.74. The van der Waals surface area contributed by atoms with Crippen molar-refractivity contribution >= 4 is 24.2 Å². The Morgan fingerprint density at radius 1 is 1.07 bits per heavy atom. The van der Waals surface area contributed by atoms with Gasteiger partial charge in [-0.1, -0.05) is 41.9 Å². The van der Waals surface area contributed by atoms with Crippen LogP contribution in [0.15, 0.2) is 47.5 Å². The highest BCUT2D eigenvalue weighted by molar-refractivity contribution is 7.80. The third-order valence-electron chi connectivity index (χ3n) is 1.93. The fourth-order valence-corrected chi connectivity index (χ4v) is 1.53. The Labute approximate surface area is 93.2 Å². The number of aromatic nitrogens is 1. The van der Waals surface area contributed by atoms with E-state index in [1.54, 1.807) is 6.20 Å². The van der Waals surface area contributed by atoms with Gasteiger partial charge in [-0.2, -0.15) is 0 Å². The summed E-state index contributed by atoms with van der Waals surface area (Å²) < 4.78 is 0. The molecule has 0 unspecified atom stereocenters. The average Bonchev–Trinajstić information content (AvgIpc) is 2.23. The second-order valence-electron chi connectivity index (χ2n) is 2.90. The van der Waals surface area contributed by atoms with Crippen molar-refractivity contribution in [3.8, 4) is 11.1 Å². The summed E-state index contributed by atoms with van der Waals surface area (Å²) in [6.07, 6.45) is 1.75. The molecule has 14 heavy (non-hydrogen) atoms. The van der Waals surface area contributed by atoms with E-state index in [1.165, 1.54) is 0 Å². The van der Waals surface area contributed by atoms with E-state index in [0.717, 1.165) is 11.1 Å². The summed E-state index contributed by atoms with van der Waals surface area (Å²) in [6.45, 7) is 0. The Kier molecular flexibility index (Phi) is 2.75. The molecule has 0 saturated heterocycles. The molecule has 0 bridgehead atoms. The summed E-state index contributed by atoms with van der Waals surface area (Å²) in [5.41, 5.74) is 2.15. The van der Waals surface area contributed by atoms with E-state index >= 15 is 0 Å². The number of halogens is 1. The third kappa shape index (κ3) is 1.91. The lowest BCUT2D eigenvalue weighted by atomic mass is 10.1. The van der Waals surface area contributed by atoms with Gasteiger partial charge in [0.15, 0.2) is 0 Å². The molecule has 0 spiro atoms. The topological polar surface area (TPSA) is 12.9 Å². The van der Waals surface area contributed by atoms with Crippen LogP contribution in [0.3, 0.4) is 0 Å². The van der Waals surface area contributed by atoms with Crippen LogP contribution in [0.5, 0.6) is 0 Å². The van der Waals surface area contributed by atoms with Crippen molar-refractivity contribution in [2.45, 2.75) is 4.90 Å². The maximum atomic E-state index is 5.78. The Morgan fingerprint density at radius 3 is 2.43 bits per heavy atom. The van der Waals surface area contributed by atoms with Gasteiger partial charge in [-0.25, -0.2) is 4.98 Å². The van der Waals surface area contributed by atoms with Crippen LogP contribution in [-0.2, 0) is 0 Å². The molecule has 0 saturated carbocycles. The van der Waals surface area contributed by atoms with Crippen LogP contribution >= 0.6 is 24.2 Å². The van der Waals surface area contributed by atoms with Crippen LogP contribution in [0.25, 0.3) is 11.1 Å². The zero-order valence-corrected chi connectivity index (χ0v) is 8.96. The minimum atomic E-state index is 0.438. The van der Waals surface area contributed by atoms with Crippen LogP contribution in [0.1, 0.15) is 0 Å². The molecule has 0 aliphatic heterocycles. The molecule has 0 fully saturated rings. The van der Waals surface area contributed by atoms with Gasteiger partial charge in [0.2, 0.25) is 0 Å². The number of nitrogens with zero attached hydrogens (tertiary/aromatic N) is 1. The van der Waals surface area contributed by atoms with Crippen molar-refractivity contribution < 1.29 is 0 Å². The molecule has 1 aromatic carbocycles. The fraction of sp³-hybridized carbons (Fsp3) is 0. The molecule has 2 aromatic rings. The van der Waals surface area contributed by atoms with Gasteiger partial charge < -0.3 is 0 Å². The smallest absolute Gasteiger partial charge is 0.142 e. The van der Waals surface area contributed by atoms with Gasteiger partial charge in [0, 0.05) is 16.7 Å². The average molecular weight is 222 g/mol. The highest BCUT2D eigenvalue weighted by Crippen LogP contribution is 2.24. The molecule has 1 aromatic heterocycles. The molecule has 0 radical (unpaired) electrons. The monoisotopic (exact) mass is 221 g/mol. The minimum absolute atomic E-state index is 0.438. The van der Waals surface area contributed by atoms with Crippen LogP contribution in [-0.4, -0.2) is 4.98 Å². The van der Waals surface area contributed by atoms with Gasteiger partial charge in [0.1, 0.15) is 5.15 Å². The lowest BCUT2D eigenvalue weighted by Crippen LogP contribution is -1.82. The largest absolute Gasteiger partial charge is 0.243 e. The molecule has 2 rings (SSSR count). The first-order valence-electron chi connectivity index (χ1n) is 4.17. The summed E-state index contributed by atoms with van der Waals surface area (Å²) in [7, 11) is 0. The molecular weight excluding hydrogens is 214 g/mol. The van der Waals surface area contributed by atoms with Crippen molar-refractivity contribution in [3.05, 3.63) is 47.7 Å². The summed E-state index contributed by atoms with van der Waals surface area (Å²) in [5.74, 6) is 0. The molecule has 0 aliphatic carbocycles. The number of hydrogen-bond acceptors (Lipinski definition) is 2. The van der Waals surface area contributed by atoms with E-state index < -0.39 is 0 Å². The predicted molar refractivity (Wildman–Crippen MR) is 61.9 cm³/mol. The first-order valence-corrected chi connectivity index (χ1v) is 5.00. The lowest BCUT2D eigenvalue weighted by Gasteiger charge is -2.02. The zero-order valence-electron chi connectivity index (χ0n) is 7.31. The normalized spacial score (nSPS) is 10.1. The van der Waals surface area contributed by atoms with Crippen LogP contribution in [0.2, 0.25) is 5.15 Å². The number of hydrogen-bond donors (Lipinski definition) is 1. The molecule has 1 nitrogen and oxygen atoms in total. The van der Waals surface area contributed by atoms with Crippen molar-refractivity contribution in [1.82, 2.24) is 4.98 Å². The van der Waals surface area contributed by atoms with Crippen molar-refractivity contribution in [2.75, 3.05) is 0 Å². The SMILES string of the molecule is Sc1cc(-c2ccccc2)cnc1Cl. The highest BCUT2D eigenvalue weighted by Gasteiger charge is 2.01. The van der Waals surface area contributed by atoms with Gasteiger partial charge in [-0.15, -0.1) is 12.6 Å². The van der Waals surface area contributed by atoms with Crippen molar-refractivity contribution in [1.29, 1.82) is 0 Å². The summed E-state index contributed by atoms with van der Waals surface area (Å²) in [5, 5.41) is 0.438. The standard InChI is InChI=1S/C11H8ClNS/c12-11-10(14)6-9(7-13-11)8-4-2-1-3-5-8/h1-7,14H. The molecule has 0 N–H and O–H groups in total. The number of benzene rings is 1. The predicted octanol–water partition coefficient (Wildman–Crippen LogP) is 3.69. The van der Waals surface area contributed by atoms with E-state index in [1.807, 2.05) is 36.4 Å². The van der Waals surface area contributed by atoms with Crippen LogP contribution < -0.4 is 0 Å². The Hall–Kier alpha value is -0.990. The van der Waals surface area contributed by atoms with Gasteiger partial charge in [0.25, 0.3) is 0 Å². The molecule has 0 atom stereocenters. The quantitative estimate of drug-likeness (QED) is 0.573. The maximum absolute atomic E-state index is 5.78. The van der Waals surface area contributed by atoms with Crippen LogP contribution in [0.4, 0.5) is 0 Å². The van der Waals surface area contributed by atoms with Gasteiger partial charge in [-0.3, -0.25) is 0 Å². The van der Waals surface area contributed by atoms with Crippen LogP contribution in [0, 0.1) is 0 Å². The summed E-state index contributed by atoms with van der Waals surface area (Å²) >= 11 is 10.0. The summed E-state index contributed by atoms with van der Waals surface area (Å²) in [4.78, 5) is 4.75. The zero-order chi connectivity index (χ0) is 9.97. The molecule has 1 heterocycles. The Bertz CT molecular complexity index is 442. The number of pyridine rings is 1. The van der Waals surface area contributed by atoms with Gasteiger partial charge >= 0.3 is 0 Å². The maximum Gasteiger partial charge on any atom is 0.142 e. The first kappa shape index (κ1) is 9.56.